The van der Waals surface area contributed by atoms with Gasteiger partial charge < -0.3 is 9.80 Å². The van der Waals surface area contributed by atoms with E-state index in [0.717, 1.165) is 25.9 Å². The van der Waals surface area contributed by atoms with Crippen molar-refractivity contribution in [1.29, 1.82) is 0 Å². The van der Waals surface area contributed by atoms with Crippen LogP contribution >= 0.6 is 24.0 Å². The molecule has 1 aliphatic heterocycles. The molecule has 0 aliphatic carbocycles. The van der Waals surface area contributed by atoms with E-state index in [0.29, 0.717) is 6.04 Å². The first kappa shape index (κ1) is 13.0. The van der Waals surface area contributed by atoms with E-state index < -0.39 is 0 Å². The summed E-state index contributed by atoms with van der Waals surface area (Å²) in [7, 11) is 4.14. The average molecular weight is 227 g/mol. The van der Waals surface area contributed by atoms with Crippen LogP contribution in [-0.2, 0) is 0 Å². The zero-order chi connectivity index (χ0) is 9.14. The molecule has 0 N–H and O–H groups in total. The van der Waals surface area contributed by atoms with Crippen molar-refractivity contribution in [2.24, 2.45) is 0 Å². The fraction of sp³-hybridized carbons (Fsp3) is 0.875. The summed E-state index contributed by atoms with van der Waals surface area (Å²) in [4.78, 5) is 14.7. The summed E-state index contributed by atoms with van der Waals surface area (Å²) in [5.74, 6) is 0. The SMILES string of the molecule is CN(C)C1CCN(C(=O)Cl)CC1.Cl. The number of carbonyl (C=O) groups excluding carboxylic acids is 1. The molecule has 5 heteroatoms. The second-order valence-corrected chi connectivity index (χ2v) is 3.76. The lowest BCUT2D eigenvalue weighted by Crippen LogP contribution is -2.42. The quantitative estimate of drug-likeness (QED) is 0.503. The van der Waals surface area contributed by atoms with E-state index in [1.807, 2.05) is 0 Å². The predicted molar refractivity (Wildman–Crippen MR) is 56.8 cm³/mol. The molecule has 0 spiro atoms. The highest BCUT2D eigenvalue weighted by molar-refractivity contribution is 6.62. The first-order chi connectivity index (χ1) is 5.61. The molecule has 0 aromatic rings. The summed E-state index contributed by atoms with van der Waals surface area (Å²) in [5, 5.41) is -0.313. The number of piperidine rings is 1. The number of halogens is 2. The third-order valence-corrected chi connectivity index (χ3v) is 2.68. The van der Waals surface area contributed by atoms with Crippen LogP contribution in [-0.4, -0.2) is 48.4 Å². The van der Waals surface area contributed by atoms with Crippen molar-refractivity contribution in [2.45, 2.75) is 18.9 Å². The molecule has 0 saturated carbocycles. The van der Waals surface area contributed by atoms with Crippen LogP contribution in [0.2, 0.25) is 0 Å². The van der Waals surface area contributed by atoms with Gasteiger partial charge in [-0.2, -0.15) is 0 Å². The van der Waals surface area contributed by atoms with Crippen molar-refractivity contribution in [1.82, 2.24) is 9.80 Å². The largest absolute Gasteiger partial charge is 0.329 e. The Kier molecular flexibility index (Phi) is 5.68. The highest BCUT2D eigenvalue weighted by Crippen LogP contribution is 2.15. The number of hydrogen-bond acceptors (Lipinski definition) is 2. The highest BCUT2D eigenvalue weighted by atomic mass is 35.5. The van der Waals surface area contributed by atoms with Gasteiger partial charge in [0.25, 0.3) is 0 Å². The Morgan fingerprint density at radius 1 is 1.38 bits per heavy atom. The fourth-order valence-corrected chi connectivity index (χ4v) is 1.73. The van der Waals surface area contributed by atoms with Crippen molar-refractivity contribution >= 4 is 29.4 Å². The second-order valence-electron chi connectivity index (χ2n) is 3.43. The van der Waals surface area contributed by atoms with Gasteiger partial charge in [0.1, 0.15) is 0 Å². The number of carbonyl (C=O) groups is 1. The highest BCUT2D eigenvalue weighted by Gasteiger charge is 2.22. The van der Waals surface area contributed by atoms with E-state index in [9.17, 15) is 4.79 Å². The summed E-state index contributed by atoms with van der Waals surface area (Å²) >= 11 is 5.36. The summed E-state index contributed by atoms with van der Waals surface area (Å²) in [6.45, 7) is 1.59. The van der Waals surface area contributed by atoms with Crippen molar-refractivity contribution in [2.75, 3.05) is 27.2 Å². The van der Waals surface area contributed by atoms with Gasteiger partial charge in [-0.1, -0.05) is 0 Å². The zero-order valence-corrected chi connectivity index (χ0v) is 9.57. The Morgan fingerprint density at radius 3 is 2.15 bits per heavy atom. The standard InChI is InChI=1S/C8H15ClN2O.ClH/c1-10(2)7-3-5-11(6-4-7)8(9)12;/h7H,3-6H2,1-2H3;1H. The van der Waals surface area contributed by atoms with Crippen LogP contribution in [0.1, 0.15) is 12.8 Å². The molecule has 13 heavy (non-hydrogen) atoms. The normalized spacial score (nSPS) is 18.6. The maximum Gasteiger partial charge on any atom is 0.316 e. The molecule has 0 atom stereocenters. The number of likely N-dealkylation sites (tertiary alicyclic amines) is 1. The lowest BCUT2D eigenvalue weighted by molar-refractivity contribution is 0.162. The van der Waals surface area contributed by atoms with Gasteiger partial charge in [-0.15, -0.1) is 12.4 Å². The van der Waals surface area contributed by atoms with Gasteiger partial charge in [-0.05, 0) is 38.5 Å². The van der Waals surface area contributed by atoms with Gasteiger partial charge >= 0.3 is 5.37 Å². The average Bonchev–Trinajstić information content (AvgIpc) is 2.04. The number of nitrogens with zero attached hydrogens (tertiary/aromatic N) is 2. The molecule has 0 unspecified atom stereocenters. The molecular weight excluding hydrogens is 211 g/mol. The van der Waals surface area contributed by atoms with Crippen molar-refractivity contribution < 1.29 is 4.79 Å². The molecule has 1 rings (SSSR count). The van der Waals surface area contributed by atoms with Crippen LogP contribution in [0.3, 0.4) is 0 Å². The summed E-state index contributed by atoms with van der Waals surface area (Å²) < 4.78 is 0. The molecule has 1 heterocycles. The topological polar surface area (TPSA) is 23.6 Å². The molecule has 1 amide bonds. The van der Waals surface area contributed by atoms with Gasteiger partial charge in [0, 0.05) is 19.1 Å². The summed E-state index contributed by atoms with van der Waals surface area (Å²) in [6.07, 6.45) is 2.07. The predicted octanol–water partition coefficient (Wildman–Crippen LogP) is 1.79. The molecule has 0 aromatic heterocycles. The van der Waals surface area contributed by atoms with Crippen molar-refractivity contribution in [3.8, 4) is 0 Å². The van der Waals surface area contributed by atoms with E-state index >= 15 is 0 Å². The van der Waals surface area contributed by atoms with Crippen LogP contribution in [0.5, 0.6) is 0 Å². The zero-order valence-electron chi connectivity index (χ0n) is 7.99. The maximum absolute atomic E-state index is 10.8. The Bertz CT molecular complexity index is 168. The van der Waals surface area contributed by atoms with Gasteiger partial charge in [-0.25, -0.2) is 0 Å². The molecular formula is C8H16Cl2N2O. The molecule has 0 aromatic carbocycles. The van der Waals surface area contributed by atoms with Gasteiger partial charge in [0.2, 0.25) is 0 Å². The fourth-order valence-electron chi connectivity index (χ4n) is 1.56. The van der Waals surface area contributed by atoms with E-state index in [1.54, 1.807) is 4.90 Å². The number of hydrogen-bond donors (Lipinski definition) is 0. The summed E-state index contributed by atoms with van der Waals surface area (Å²) in [5.41, 5.74) is 0. The van der Waals surface area contributed by atoms with Gasteiger partial charge in [0.05, 0.1) is 0 Å². The number of amides is 1. The minimum atomic E-state index is -0.313. The smallest absolute Gasteiger partial charge is 0.316 e. The van der Waals surface area contributed by atoms with E-state index in [2.05, 4.69) is 19.0 Å². The van der Waals surface area contributed by atoms with Gasteiger partial charge in [0.15, 0.2) is 0 Å². The molecule has 0 bridgehead atoms. The molecule has 78 valence electrons. The summed E-state index contributed by atoms with van der Waals surface area (Å²) in [6, 6.07) is 0.609. The molecule has 1 fully saturated rings. The van der Waals surface area contributed by atoms with Crippen molar-refractivity contribution in [3.63, 3.8) is 0 Å². The third kappa shape index (κ3) is 3.71. The van der Waals surface area contributed by atoms with Crippen LogP contribution < -0.4 is 0 Å². The lowest BCUT2D eigenvalue weighted by atomic mass is 10.1. The second kappa shape index (κ2) is 5.68. The Balaban J connectivity index is 0.00000144. The van der Waals surface area contributed by atoms with Crippen LogP contribution in [0, 0.1) is 0 Å². The lowest BCUT2D eigenvalue weighted by Gasteiger charge is -2.33. The van der Waals surface area contributed by atoms with E-state index in [-0.39, 0.29) is 17.8 Å². The monoisotopic (exact) mass is 226 g/mol. The van der Waals surface area contributed by atoms with Crippen molar-refractivity contribution in [3.05, 3.63) is 0 Å². The van der Waals surface area contributed by atoms with E-state index in [4.69, 9.17) is 11.6 Å². The minimum absolute atomic E-state index is 0. The molecule has 3 nitrogen and oxygen atoms in total. The van der Waals surface area contributed by atoms with Gasteiger partial charge in [-0.3, -0.25) is 4.79 Å². The molecule has 1 aliphatic rings. The Morgan fingerprint density at radius 2 is 1.85 bits per heavy atom. The number of rotatable bonds is 1. The maximum atomic E-state index is 10.8. The minimum Gasteiger partial charge on any atom is -0.329 e. The first-order valence-corrected chi connectivity index (χ1v) is 4.60. The third-order valence-electron chi connectivity index (χ3n) is 2.44. The Hall–Kier alpha value is 0.01000. The molecule has 1 saturated heterocycles. The first-order valence-electron chi connectivity index (χ1n) is 4.22. The Labute approximate surface area is 90.4 Å². The van der Waals surface area contributed by atoms with Crippen LogP contribution in [0.25, 0.3) is 0 Å². The molecule has 0 radical (unpaired) electrons. The van der Waals surface area contributed by atoms with Crippen LogP contribution in [0.4, 0.5) is 4.79 Å². The van der Waals surface area contributed by atoms with Crippen LogP contribution in [0.15, 0.2) is 0 Å². The van der Waals surface area contributed by atoms with E-state index in [1.165, 1.54) is 0 Å².